The molecule has 0 spiro atoms. The fourth-order valence-electron chi connectivity index (χ4n) is 13.0. The van der Waals surface area contributed by atoms with Crippen molar-refractivity contribution in [1.82, 2.24) is 16.0 Å². The van der Waals surface area contributed by atoms with Crippen LogP contribution in [0, 0.1) is 55.2 Å². The van der Waals surface area contributed by atoms with Crippen LogP contribution in [0.1, 0.15) is 197 Å². The van der Waals surface area contributed by atoms with E-state index in [1.165, 1.54) is 67.1 Å². The number of ether oxygens (including phenoxy) is 6. The van der Waals surface area contributed by atoms with Gasteiger partial charge < -0.3 is 111 Å². The molecule has 12 atom stereocenters. The molecule has 1 heterocycles. The molecule has 1 aromatic rings. The molecule has 12 unspecified atom stereocenters. The SMILES string of the molecule is C=C(C)C(=O)OCCNC(=O)CCCCC1CCSS1.C=C(C)C(=O)OCCOP(=O)([O-])OCC[N+](C)(C)C.CC(CS)(CC(C)(C(=O)OCCNC(=O)CCCCC(S)CCS)C(C)(C#N)CCC(=O)O)C(=O)OCCOP(=O)([O-])OCC[N+](C)(C)C.CC(CSC(=S)c1ccccc1)(CC(C)(C(=O)OCCNC(=O)CCCCC(S)CCS)C(C)(C#N)CCC(=O)O)C(=O)OCCOP(=O)([O-])OCC[N+](C)(C)C.[B].[H-].[Na+]. The number of nitriles is 2. The summed E-state index contributed by atoms with van der Waals surface area (Å²) in [7, 11) is 7.17. The number of phosphoric acid groups is 3. The first-order chi connectivity index (χ1) is 67.3. The van der Waals surface area contributed by atoms with E-state index in [0.29, 0.717) is 74.2 Å². The Bertz CT molecular complexity index is 4440. The number of thiocarbonyl (C=S) groups is 1. The van der Waals surface area contributed by atoms with E-state index in [-0.39, 0.29) is 189 Å². The Morgan fingerprint density at radius 2 is 0.837 bits per heavy atom. The van der Waals surface area contributed by atoms with Crippen molar-refractivity contribution in [3.8, 4) is 12.1 Å². The summed E-state index contributed by atoms with van der Waals surface area (Å²) in [6.45, 7) is 17.4. The van der Waals surface area contributed by atoms with Crippen LogP contribution in [0.4, 0.5) is 0 Å². The Morgan fingerprint density at radius 1 is 0.510 bits per heavy atom. The molecule has 0 aliphatic carbocycles. The fourth-order valence-corrected chi connectivity index (χ4v) is 21.2. The third-order valence-corrected chi connectivity index (χ3v) is 32.6. The number of likely N-dealkylation sites (N-methyl/N-ethyl adjacent to an activating group) is 3. The Morgan fingerprint density at radius 3 is 1.16 bits per heavy atom. The minimum atomic E-state index is -4.71. The number of thiol groups is 5. The van der Waals surface area contributed by atoms with Gasteiger partial charge >= 0.3 is 77.3 Å². The topological polar surface area (TPSA) is 543 Å². The van der Waals surface area contributed by atoms with Crippen LogP contribution in [0.15, 0.2) is 54.6 Å². The van der Waals surface area contributed by atoms with Gasteiger partial charge in [0.15, 0.2) is 0 Å². The molecule has 1 saturated heterocycles. The number of nitrogens with one attached hydrogen (secondary N) is 3. The van der Waals surface area contributed by atoms with Gasteiger partial charge in [-0.2, -0.15) is 73.7 Å². The molecule has 1 aliphatic rings. The summed E-state index contributed by atoms with van der Waals surface area (Å²) in [4.78, 5) is 172. The number of hydrogen-bond acceptors (Lipinski definition) is 40. The normalized spacial score (nSPS) is 16.4. The summed E-state index contributed by atoms with van der Waals surface area (Å²) in [6, 6.07) is 13.2. The number of carboxylic acids is 2. The summed E-state index contributed by atoms with van der Waals surface area (Å²) in [5, 5.41) is 49.0. The molecule has 3 radical (unpaired) electrons. The number of hydrogen-bond donors (Lipinski definition) is 10. The van der Waals surface area contributed by atoms with E-state index in [1.54, 1.807) is 31.2 Å². The fraction of sp³-hybridized carbons (Fsp3) is 0.745. The quantitative estimate of drug-likeness (QED) is 0.00278. The van der Waals surface area contributed by atoms with E-state index in [9.17, 15) is 102 Å². The number of carboxylic acid groups (broad SMARTS) is 2. The van der Waals surface area contributed by atoms with Crippen LogP contribution < -0.4 is 60.2 Å². The van der Waals surface area contributed by atoms with Crippen LogP contribution in [0.25, 0.3) is 0 Å². The molecule has 837 valence electrons. The van der Waals surface area contributed by atoms with E-state index in [0.717, 1.165) is 79.9 Å². The van der Waals surface area contributed by atoms with Crippen molar-refractivity contribution in [3.05, 3.63) is 60.2 Å². The molecule has 39 nitrogen and oxygen atoms in total. The average Bonchev–Trinajstić information content (AvgIpc) is 0.761. The van der Waals surface area contributed by atoms with E-state index < -0.39 is 143 Å². The third-order valence-electron chi connectivity index (χ3n) is 22.5. The van der Waals surface area contributed by atoms with Gasteiger partial charge in [0, 0.05) is 84.7 Å². The number of unbranched alkanes of at least 4 members (excludes halogenated alkanes) is 3. The Hall–Kier alpha value is -3.99. The standard InChI is InChI=1S/C38H60N3O11PS4.C31H56N3O11PS3.C14H23NO3S2.C11H22NO6P.B.Na.H/c1-36(28-57-33(56)29-12-8-7-9-13-29,34(45)50-23-24-52-53(47,48)51-22-20-41(4,5)6)26-38(3,37(2,27-39)18-16-32(43)44)35(46)49-21-19-40-31(42)15-11-10-14-30(55)17-25-54;1-29(23-48,27(38)43-18-19-45-46(40,41)44-17-15-34(4,5)6)21-31(3,30(2,22-32)13-11-26(36)37)28(39)42-16-14-33-25(35)10-8-7-9-24(49)12-20-47;1-11(2)14(17)18-9-8-15-13(16)6-4-3-5-12-7-10-19-20-12;1-10(2)11(13)16-8-9-18-19(14,15)17-7-6-12(3,4)5;;;/h7-9,12-13,30H,10-11,14-26,28H2,1-6H3,(H4-,40,42,43,44,47,48,54,55);24H,7-21,23H2,1-6H3,(H5-,33,35,36,37,40,41,47,48,49);12H,1,3-10H2,2H3,(H,15,16);1,6-9H2,2-5H3;;;/q;;;;;+1;-1. The van der Waals surface area contributed by atoms with Crippen LogP contribution in [-0.4, -0.2) is 328 Å². The van der Waals surface area contributed by atoms with Gasteiger partial charge in [-0.1, -0.05) is 96.6 Å². The van der Waals surface area contributed by atoms with Gasteiger partial charge in [-0.3, -0.25) is 56.8 Å². The van der Waals surface area contributed by atoms with Gasteiger partial charge in [-0.15, -0.1) is 11.8 Å². The van der Waals surface area contributed by atoms with Gasteiger partial charge in [0.25, 0.3) is 23.5 Å². The molecule has 0 saturated carbocycles. The van der Waals surface area contributed by atoms with Crippen LogP contribution in [0.5, 0.6) is 0 Å². The van der Waals surface area contributed by atoms with Crippen molar-refractivity contribution >= 4 is 210 Å². The summed E-state index contributed by atoms with van der Waals surface area (Å²) in [6.07, 6.45) is 10.1. The molecule has 3 amide bonds. The van der Waals surface area contributed by atoms with Crippen LogP contribution in [0.3, 0.4) is 0 Å². The largest absolute Gasteiger partial charge is 1.00 e. The zero-order valence-electron chi connectivity index (χ0n) is 89.9. The van der Waals surface area contributed by atoms with Crippen molar-refractivity contribution in [2.45, 2.75) is 206 Å². The number of aliphatic carboxylic acids is 2. The van der Waals surface area contributed by atoms with Gasteiger partial charge in [-0.05, 0) is 156 Å². The zero-order valence-corrected chi connectivity index (χ0v) is 101. The molecular weight excluding hydrogens is 2150 g/mol. The number of nitrogens with zero attached hydrogens (tertiary/aromatic N) is 5. The first-order valence-corrected chi connectivity index (χ1v) is 58.7. The third kappa shape index (κ3) is 69.6. The number of thioether (sulfide) groups is 1. The van der Waals surface area contributed by atoms with Gasteiger partial charge in [0.2, 0.25) is 17.7 Å². The predicted octanol–water partition coefficient (Wildman–Crippen LogP) is 8.77. The minimum absolute atomic E-state index is 0. The van der Waals surface area contributed by atoms with Crippen LogP contribution in [-0.2, 0) is 122 Å². The second-order valence-electron chi connectivity index (χ2n) is 39.1. The molecular formula is C94H162BN8NaO31P3S9. The summed E-state index contributed by atoms with van der Waals surface area (Å²) in [5.41, 5.74) is -8.59. The van der Waals surface area contributed by atoms with E-state index in [1.807, 2.05) is 91.1 Å². The molecule has 147 heavy (non-hydrogen) atoms. The van der Waals surface area contributed by atoms with Crippen molar-refractivity contribution in [2.24, 2.45) is 32.5 Å². The summed E-state index contributed by atoms with van der Waals surface area (Å²) >= 11 is 28.5. The number of amides is 3. The number of carbonyl (C=O) groups excluding carboxylic acids is 9. The number of carbonyl (C=O) groups is 11. The number of esters is 6. The number of benzene rings is 1. The molecule has 1 aliphatic heterocycles. The van der Waals surface area contributed by atoms with Gasteiger partial charge in [0.1, 0.15) is 79.1 Å². The maximum absolute atomic E-state index is 14.1. The van der Waals surface area contributed by atoms with E-state index in [4.69, 9.17) is 54.0 Å². The first-order valence-electron chi connectivity index (χ1n) is 47.6. The maximum Gasteiger partial charge on any atom is 1.00 e. The van der Waals surface area contributed by atoms with Crippen molar-refractivity contribution in [1.29, 1.82) is 10.5 Å². The molecule has 0 bridgehead atoms. The van der Waals surface area contributed by atoms with E-state index in [2.05, 4.69) is 118 Å². The van der Waals surface area contributed by atoms with Crippen molar-refractivity contribution in [3.63, 3.8) is 0 Å². The molecule has 53 heteroatoms. The van der Waals surface area contributed by atoms with E-state index >= 15 is 0 Å². The molecule has 2 rings (SSSR count). The Balaban J connectivity index is -0.000000671. The van der Waals surface area contributed by atoms with Crippen molar-refractivity contribution in [2.75, 3.05) is 211 Å². The second kappa shape index (κ2) is 77.4. The second-order valence-corrected chi connectivity index (χ2v) is 50.5. The number of quaternary nitrogens is 3. The number of phosphoric ester groups is 3. The monoisotopic (exact) mass is 2310 g/mol. The van der Waals surface area contributed by atoms with Crippen LogP contribution in [0.2, 0.25) is 0 Å². The molecule has 5 N–H and O–H groups in total. The maximum atomic E-state index is 14.1. The van der Waals surface area contributed by atoms with Gasteiger partial charge in [-0.25, -0.2) is 9.59 Å². The summed E-state index contributed by atoms with van der Waals surface area (Å²) in [5.74, 6) is -4.68. The average molecular weight is 2320 g/mol. The number of rotatable bonds is 74. The molecule has 0 aromatic heterocycles. The van der Waals surface area contributed by atoms with Gasteiger partial charge in [0.05, 0.1) is 152 Å². The first kappa shape index (κ1) is 149. The van der Waals surface area contributed by atoms with Crippen LogP contribution >= 0.6 is 132 Å². The smallest absolute Gasteiger partial charge is 1.00 e. The summed E-state index contributed by atoms with van der Waals surface area (Å²) < 4.78 is 97.8. The predicted molar refractivity (Wildman–Crippen MR) is 582 cm³/mol. The molecule has 1 fully saturated rings. The Labute approximate surface area is 941 Å². The van der Waals surface area contributed by atoms with Crippen molar-refractivity contribution < 1.29 is 191 Å². The zero-order chi connectivity index (χ0) is 111. The molecule has 1 aromatic carbocycles. The Kier molecular flexibility index (Phi) is 78.6. The minimum Gasteiger partial charge on any atom is -1.00 e.